The van der Waals surface area contributed by atoms with E-state index in [1.807, 2.05) is 37.3 Å². The topological polar surface area (TPSA) is 71.3 Å². The Bertz CT molecular complexity index is 740. The second-order valence-corrected chi connectivity index (χ2v) is 6.74. The minimum Gasteiger partial charge on any atom is -0.465 e. The quantitative estimate of drug-likeness (QED) is 0.854. The number of furan rings is 1. The van der Waals surface area contributed by atoms with Crippen molar-refractivity contribution in [2.45, 2.75) is 30.0 Å². The summed E-state index contributed by atoms with van der Waals surface area (Å²) in [6.45, 7) is 3.73. The lowest BCUT2D eigenvalue weighted by Gasteiger charge is -2.31. The molecule has 1 unspecified atom stereocenters. The second-order valence-electron chi connectivity index (χ2n) is 5.28. The second kappa shape index (κ2) is 5.53. The van der Waals surface area contributed by atoms with E-state index in [1.54, 1.807) is 13.0 Å². The Morgan fingerprint density at radius 3 is 2.82 bits per heavy atom. The monoisotopic (exact) mass is 316 g/mol. The fraction of sp³-hybridized carbons (Fsp3) is 0.250. The summed E-state index contributed by atoms with van der Waals surface area (Å²) in [5, 5.41) is 5.56. The minimum absolute atomic E-state index is 0.262. The normalized spacial score (nSPS) is 20.2. The van der Waals surface area contributed by atoms with E-state index in [1.165, 1.54) is 11.8 Å². The summed E-state index contributed by atoms with van der Waals surface area (Å²) in [5.41, 5.74) is 0.740. The number of carbonyl (C=O) groups excluding carboxylic acids is 2. The van der Waals surface area contributed by atoms with Gasteiger partial charge >= 0.3 is 0 Å². The van der Waals surface area contributed by atoms with Crippen LogP contribution in [0.15, 0.2) is 45.7 Å². The van der Waals surface area contributed by atoms with Crippen molar-refractivity contribution in [3.63, 3.8) is 0 Å². The van der Waals surface area contributed by atoms with Crippen LogP contribution in [0.25, 0.3) is 0 Å². The van der Waals surface area contributed by atoms with E-state index in [4.69, 9.17) is 4.42 Å². The van der Waals surface area contributed by atoms with Crippen molar-refractivity contribution in [1.82, 2.24) is 5.32 Å². The number of aryl methyl sites for hydroxylation is 1. The van der Waals surface area contributed by atoms with Gasteiger partial charge in [-0.05, 0) is 38.1 Å². The van der Waals surface area contributed by atoms with Gasteiger partial charge in [0, 0.05) is 4.90 Å². The van der Waals surface area contributed by atoms with Crippen LogP contribution in [0.1, 0.15) is 18.4 Å². The van der Waals surface area contributed by atoms with Crippen LogP contribution in [-0.2, 0) is 16.1 Å². The maximum absolute atomic E-state index is 12.5. The fourth-order valence-corrected chi connectivity index (χ4v) is 3.36. The van der Waals surface area contributed by atoms with Crippen LogP contribution in [0.4, 0.5) is 5.69 Å². The van der Waals surface area contributed by atoms with E-state index < -0.39 is 4.75 Å². The highest BCUT2D eigenvalue weighted by atomic mass is 32.2. The van der Waals surface area contributed by atoms with Crippen LogP contribution in [-0.4, -0.2) is 16.6 Å². The molecule has 2 amide bonds. The first-order chi connectivity index (χ1) is 10.5. The Hall–Kier alpha value is -2.21. The number of hydrogen-bond acceptors (Lipinski definition) is 4. The zero-order valence-electron chi connectivity index (χ0n) is 12.3. The number of nitrogens with one attached hydrogen (secondary N) is 2. The Kier molecular flexibility index (Phi) is 3.70. The Labute approximate surface area is 132 Å². The summed E-state index contributed by atoms with van der Waals surface area (Å²) in [6.07, 6.45) is 0. The molecule has 22 heavy (non-hydrogen) atoms. The van der Waals surface area contributed by atoms with Crippen LogP contribution in [0, 0.1) is 6.92 Å². The van der Waals surface area contributed by atoms with Gasteiger partial charge in [-0.1, -0.05) is 23.9 Å². The van der Waals surface area contributed by atoms with Crippen molar-refractivity contribution >= 4 is 29.3 Å². The van der Waals surface area contributed by atoms with Crippen molar-refractivity contribution in [1.29, 1.82) is 0 Å². The molecule has 1 aromatic carbocycles. The fourth-order valence-electron chi connectivity index (χ4n) is 2.23. The molecule has 0 fully saturated rings. The average Bonchev–Trinajstić information content (AvgIpc) is 2.91. The molecule has 0 saturated carbocycles. The predicted octanol–water partition coefficient (Wildman–Crippen LogP) is 2.71. The molecule has 0 aliphatic carbocycles. The zero-order chi connectivity index (χ0) is 15.7. The van der Waals surface area contributed by atoms with Gasteiger partial charge in [0.1, 0.15) is 11.5 Å². The number of para-hydroxylation sites is 1. The predicted molar refractivity (Wildman–Crippen MR) is 84.6 cm³/mol. The van der Waals surface area contributed by atoms with Gasteiger partial charge in [0.2, 0.25) is 11.8 Å². The van der Waals surface area contributed by atoms with E-state index >= 15 is 0 Å². The third kappa shape index (κ3) is 2.62. The van der Waals surface area contributed by atoms with E-state index in [0.29, 0.717) is 5.76 Å². The molecule has 3 rings (SSSR count). The molecule has 1 aromatic heterocycles. The summed E-state index contributed by atoms with van der Waals surface area (Å²) in [6, 6.07) is 11.1. The number of rotatable bonds is 3. The molecule has 2 N–H and O–H groups in total. The molecule has 0 bridgehead atoms. The van der Waals surface area contributed by atoms with Gasteiger partial charge in [0.15, 0.2) is 4.75 Å². The van der Waals surface area contributed by atoms with E-state index in [0.717, 1.165) is 16.3 Å². The number of anilines is 1. The SMILES string of the molecule is Cc1ccc(CNC(=O)C2(C)Sc3ccccc3NC2=O)o1. The first-order valence-corrected chi connectivity index (χ1v) is 7.74. The van der Waals surface area contributed by atoms with Crippen LogP contribution >= 0.6 is 11.8 Å². The first-order valence-electron chi connectivity index (χ1n) is 6.92. The number of fused-ring (bicyclic) bond motifs is 1. The van der Waals surface area contributed by atoms with Crippen molar-refractivity contribution < 1.29 is 14.0 Å². The van der Waals surface area contributed by atoms with Gasteiger partial charge in [-0.25, -0.2) is 0 Å². The third-order valence-corrected chi connectivity index (χ3v) is 4.89. The average molecular weight is 316 g/mol. The van der Waals surface area contributed by atoms with E-state index in [-0.39, 0.29) is 18.4 Å². The van der Waals surface area contributed by atoms with Gasteiger partial charge in [-0.15, -0.1) is 0 Å². The van der Waals surface area contributed by atoms with Crippen molar-refractivity contribution in [3.8, 4) is 0 Å². The number of hydrogen-bond donors (Lipinski definition) is 2. The number of thioether (sulfide) groups is 1. The highest BCUT2D eigenvalue weighted by molar-refractivity contribution is 8.02. The number of amides is 2. The van der Waals surface area contributed by atoms with Crippen LogP contribution in [0.5, 0.6) is 0 Å². The van der Waals surface area contributed by atoms with Gasteiger partial charge < -0.3 is 15.1 Å². The third-order valence-electron chi connectivity index (χ3n) is 3.54. The van der Waals surface area contributed by atoms with E-state index in [2.05, 4.69) is 10.6 Å². The lowest BCUT2D eigenvalue weighted by Crippen LogP contribution is -2.51. The molecule has 114 valence electrons. The van der Waals surface area contributed by atoms with Crippen molar-refractivity contribution in [2.75, 3.05) is 5.32 Å². The highest BCUT2D eigenvalue weighted by Crippen LogP contribution is 2.42. The first kappa shape index (κ1) is 14.7. The summed E-state index contributed by atoms with van der Waals surface area (Å²) >= 11 is 1.26. The van der Waals surface area contributed by atoms with E-state index in [9.17, 15) is 9.59 Å². The molecule has 5 nitrogen and oxygen atoms in total. The molecule has 1 aliphatic heterocycles. The lowest BCUT2D eigenvalue weighted by atomic mass is 10.1. The van der Waals surface area contributed by atoms with Crippen molar-refractivity contribution in [3.05, 3.63) is 47.9 Å². The minimum atomic E-state index is -1.20. The number of benzene rings is 1. The lowest BCUT2D eigenvalue weighted by molar-refractivity contribution is -0.130. The molecule has 0 saturated heterocycles. The van der Waals surface area contributed by atoms with Crippen LogP contribution in [0.2, 0.25) is 0 Å². The maximum Gasteiger partial charge on any atom is 0.250 e. The molecule has 1 aliphatic rings. The molecule has 0 spiro atoms. The van der Waals surface area contributed by atoms with Gasteiger partial charge in [0.05, 0.1) is 12.2 Å². The van der Waals surface area contributed by atoms with Gasteiger partial charge in [-0.3, -0.25) is 9.59 Å². The summed E-state index contributed by atoms with van der Waals surface area (Å²) < 4.78 is 4.22. The summed E-state index contributed by atoms with van der Waals surface area (Å²) in [4.78, 5) is 25.7. The summed E-state index contributed by atoms with van der Waals surface area (Å²) in [5.74, 6) is 0.799. The molecule has 1 atom stereocenters. The molecule has 0 radical (unpaired) electrons. The van der Waals surface area contributed by atoms with Gasteiger partial charge in [0.25, 0.3) is 0 Å². The molecular formula is C16H16N2O3S. The maximum atomic E-state index is 12.5. The molecular weight excluding hydrogens is 300 g/mol. The summed E-state index contributed by atoms with van der Waals surface area (Å²) in [7, 11) is 0. The van der Waals surface area contributed by atoms with Crippen LogP contribution < -0.4 is 10.6 Å². The largest absolute Gasteiger partial charge is 0.465 e. The highest BCUT2D eigenvalue weighted by Gasteiger charge is 2.45. The Morgan fingerprint density at radius 2 is 2.09 bits per heavy atom. The van der Waals surface area contributed by atoms with Crippen LogP contribution in [0.3, 0.4) is 0 Å². The molecule has 2 aromatic rings. The standard InChI is InChI=1S/C16H16N2O3S/c1-10-7-8-11(21-10)9-17-14(19)16(2)15(20)18-12-5-3-4-6-13(12)22-16/h3-8H,9H2,1-2H3,(H,17,19)(H,18,20). The molecule has 6 heteroatoms. The Balaban J connectivity index is 1.75. The number of carbonyl (C=O) groups is 2. The zero-order valence-corrected chi connectivity index (χ0v) is 13.1. The van der Waals surface area contributed by atoms with Crippen molar-refractivity contribution in [2.24, 2.45) is 0 Å². The Morgan fingerprint density at radius 1 is 1.32 bits per heavy atom. The smallest absolute Gasteiger partial charge is 0.250 e. The van der Waals surface area contributed by atoms with Gasteiger partial charge in [-0.2, -0.15) is 0 Å². The molecule has 2 heterocycles.